The first-order chi connectivity index (χ1) is 9.96. The van der Waals surface area contributed by atoms with Crippen LogP contribution in [0, 0.1) is 6.92 Å². The highest BCUT2D eigenvalue weighted by Crippen LogP contribution is 2.30. The van der Waals surface area contributed by atoms with Crippen molar-refractivity contribution >= 4 is 49.9 Å². The summed E-state index contributed by atoms with van der Waals surface area (Å²) in [5.41, 5.74) is 1.53. The third-order valence-electron chi connectivity index (χ3n) is 3.02. The third-order valence-corrected chi connectivity index (χ3v) is 5.65. The van der Waals surface area contributed by atoms with Crippen LogP contribution in [-0.4, -0.2) is 19.4 Å². The summed E-state index contributed by atoms with van der Waals surface area (Å²) in [6.45, 7) is 2.30. The number of hydrogen-bond acceptors (Lipinski definition) is 2. The van der Waals surface area contributed by atoms with E-state index in [9.17, 15) is 8.42 Å². The summed E-state index contributed by atoms with van der Waals surface area (Å²) in [5.74, 6) is 0. The van der Waals surface area contributed by atoms with Gasteiger partial charge in [-0.1, -0.05) is 64.0 Å². The predicted molar refractivity (Wildman–Crippen MR) is 96.0 cm³/mol. The summed E-state index contributed by atoms with van der Waals surface area (Å²) < 4.78 is 27.7. The first-order valence-corrected chi connectivity index (χ1v) is 9.71. The van der Waals surface area contributed by atoms with Crippen LogP contribution in [-0.2, 0) is 10.0 Å². The molecule has 6 heteroatoms. The molecule has 0 saturated carbocycles. The molecule has 0 N–H and O–H groups in total. The second-order valence-corrected chi connectivity index (χ2v) is 7.88. The van der Waals surface area contributed by atoms with E-state index < -0.39 is 10.0 Å². The minimum Gasteiger partial charge on any atom is -0.264 e. The van der Waals surface area contributed by atoms with Crippen LogP contribution in [0.2, 0.25) is 5.02 Å². The number of aryl methyl sites for hydroxylation is 1. The normalized spacial score (nSPS) is 11.4. The smallest absolute Gasteiger partial charge is 0.264 e. The Kier molecular flexibility index (Phi) is 5.51. The molecule has 0 heterocycles. The fourth-order valence-electron chi connectivity index (χ4n) is 1.94. The van der Waals surface area contributed by atoms with E-state index >= 15 is 0 Å². The van der Waals surface area contributed by atoms with Gasteiger partial charge in [0.05, 0.1) is 15.6 Å². The van der Waals surface area contributed by atoms with Gasteiger partial charge in [0.15, 0.2) is 0 Å². The molecular weight excluding hydrogens is 421 g/mol. The third kappa shape index (κ3) is 3.70. The summed E-state index contributed by atoms with van der Waals surface area (Å²) in [6.07, 6.45) is 0. The number of rotatable bonds is 5. The number of para-hydroxylation sites is 1. The topological polar surface area (TPSA) is 37.4 Å². The van der Waals surface area contributed by atoms with Gasteiger partial charge in [0.1, 0.15) is 0 Å². The van der Waals surface area contributed by atoms with Crippen molar-refractivity contribution < 1.29 is 8.42 Å². The Morgan fingerprint density at radius 3 is 2.29 bits per heavy atom. The van der Waals surface area contributed by atoms with Crippen LogP contribution in [0.3, 0.4) is 0 Å². The van der Waals surface area contributed by atoms with Crippen LogP contribution < -0.4 is 4.31 Å². The van der Waals surface area contributed by atoms with Gasteiger partial charge in [-0.2, -0.15) is 0 Å². The zero-order chi connectivity index (χ0) is 15.5. The second kappa shape index (κ2) is 6.98. The number of sulfonamides is 1. The van der Waals surface area contributed by atoms with Crippen LogP contribution in [0.4, 0.5) is 5.69 Å². The van der Waals surface area contributed by atoms with Gasteiger partial charge < -0.3 is 0 Å². The summed E-state index contributed by atoms with van der Waals surface area (Å²) in [4.78, 5) is 0.276. The zero-order valence-electron chi connectivity index (χ0n) is 11.5. The van der Waals surface area contributed by atoms with Crippen LogP contribution in [0.25, 0.3) is 0 Å². The van der Waals surface area contributed by atoms with Crippen molar-refractivity contribution in [2.45, 2.75) is 11.8 Å². The summed E-state index contributed by atoms with van der Waals surface area (Å²) in [7, 11) is -3.61. The lowest BCUT2D eigenvalue weighted by atomic mass is 10.2. The Morgan fingerprint density at radius 1 is 1.10 bits per heavy atom. The van der Waals surface area contributed by atoms with Crippen LogP contribution in [0.15, 0.2) is 53.4 Å². The van der Waals surface area contributed by atoms with Crippen molar-refractivity contribution in [3.8, 4) is 0 Å². The summed E-state index contributed by atoms with van der Waals surface area (Å²) >= 11 is 8.32. The Hall–Kier alpha value is -0.790. The van der Waals surface area contributed by atoms with Crippen molar-refractivity contribution in [2.75, 3.05) is 15.3 Å². The maximum atomic E-state index is 12.9. The molecule has 0 aliphatic rings. The predicted octanol–water partition coefficient (Wildman–Crippen LogP) is 4.28. The van der Waals surface area contributed by atoms with Gasteiger partial charge >= 0.3 is 0 Å². The molecule has 0 radical (unpaired) electrons. The molecule has 0 aliphatic heterocycles. The standard InChI is InChI=1S/C15H15ClINO2S/c1-12-6-8-13(9-7-12)21(19,20)18(11-10-17)15-5-3-2-4-14(15)16/h2-9H,10-11H2,1H3. The van der Waals surface area contributed by atoms with Crippen LogP contribution in [0.1, 0.15) is 5.56 Å². The van der Waals surface area contributed by atoms with E-state index in [1.807, 2.05) is 6.92 Å². The molecule has 2 rings (SSSR count). The molecule has 0 unspecified atom stereocenters. The fourth-order valence-corrected chi connectivity index (χ4v) is 4.52. The number of halogens is 2. The van der Waals surface area contributed by atoms with Crippen molar-refractivity contribution in [1.82, 2.24) is 0 Å². The molecule has 2 aromatic carbocycles. The van der Waals surface area contributed by atoms with Crippen molar-refractivity contribution in [3.63, 3.8) is 0 Å². The number of anilines is 1. The SMILES string of the molecule is Cc1ccc(S(=O)(=O)N(CCI)c2ccccc2Cl)cc1. The second-order valence-electron chi connectivity index (χ2n) is 4.53. The molecule has 0 aliphatic carbocycles. The van der Waals surface area contributed by atoms with Crippen LogP contribution in [0.5, 0.6) is 0 Å². The van der Waals surface area contributed by atoms with Crippen LogP contribution >= 0.6 is 34.2 Å². The maximum Gasteiger partial charge on any atom is 0.264 e. The minimum atomic E-state index is -3.61. The van der Waals surface area contributed by atoms with E-state index in [4.69, 9.17) is 11.6 Å². The van der Waals surface area contributed by atoms with Gasteiger partial charge in [-0.05, 0) is 31.2 Å². The fraction of sp³-hybridized carbons (Fsp3) is 0.200. The summed E-state index contributed by atoms with van der Waals surface area (Å²) in [5, 5.41) is 0.429. The first-order valence-electron chi connectivity index (χ1n) is 6.36. The molecular formula is C15H15ClINO2S. The van der Waals surface area contributed by atoms with Crippen molar-refractivity contribution in [1.29, 1.82) is 0 Å². The quantitative estimate of drug-likeness (QED) is 0.519. The number of benzene rings is 2. The minimum absolute atomic E-state index is 0.276. The van der Waals surface area contributed by atoms with E-state index in [-0.39, 0.29) is 4.90 Å². The Labute approximate surface area is 144 Å². The van der Waals surface area contributed by atoms with Gasteiger partial charge in [0.25, 0.3) is 10.0 Å². The average molecular weight is 436 g/mol. The molecule has 0 atom stereocenters. The molecule has 21 heavy (non-hydrogen) atoms. The monoisotopic (exact) mass is 435 g/mol. The van der Waals surface area contributed by atoms with Gasteiger partial charge in [-0.3, -0.25) is 4.31 Å². The molecule has 0 fully saturated rings. The molecule has 0 spiro atoms. The highest BCUT2D eigenvalue weighted by atomic mass is 127. The van der Waals surface area contributed by atoms with E-state index in [0.29, 0.717) is 21.7 Å². The number of nitrogens with zero attached hydrogens (tertiary/aromatic N) is 1. The Balaban J connectivity index is 2.51. The average Bonchev–Trinajstić information content (AvgIpc) is 2.46. The summed E-state index contributed by atoms with van der Waals surface area (Å²) in [6, 6.07) is 13.8. The van der Waals surface area contributed by atoms with Crippen molar-refractivity contribution in [3.05, 3.63) is 59.1 Å². The largest absolute Gasteiger partial charge is 0.264 e. The Morgan fingerprint density at radius 2 is 1.71 bits per heavy atom. The first kappa shape index (κ1) is 16.6. The van der Waals surface area contributed by atoms with Gasteiger partial charge in [0, 0.05) is 11.0 Å². The van der Waals surface area contributed by atoms with E-state index in [2.05, 4.69) is 22.6 Å². The van der Waals surface area contributed by atoms with Gasteiger partial charge in [0.2, 0.25) is 0 Å². The van der Waals surface area contributed by atoms with E-state index in [1.54, 1.807) is 48.5 Å². The molecule has 2 aromatic rings. The highest BCUT2D eigenvalue weighted by molar-refractivity contribution is 14.1. The lowest BCUT2D eigenvalue weighted by Gasteiger charge is -2.24. The molecule has 0 saturated heterocycles. The number of alkyl halides is 1. The maximum absolute atomic E-state index is 12.9. The molecule has 3 nitrogen and oxygen atoms in total. The highest BCUT2D eigenvalue weighted by Gasteiger charge is 2.25. The molecule has 0 bridgehead atoms. The lowest BCUT2D eigenvalue weighted by molar-refractivity contribution is 0.592. The molecule has 0 aromatic heterocycles. The molecule has 0 amide bonds. The van der Waals surface area contributed by atoms with Gasteiger partial charge in [-0.25, -0.2) is 8.42 Å². The molecule has 112 valence electrons. The number of hydrogen-bond donors (Lipinski definition) is 0. The van der Waals surface area contributed by atoms with E-state index in [1.165, 1.54) is 4.31 Å². The van der Waals surface area contributed by atoms with Gasteiger partial charge in [-0.15, -0.1) is 0 Å². The Bertz CT molecular complexity index is 717. The van der Waals surface area contributed by atoms with Crippen molar-refractivity contribution in [2.24, 2.45) is 0 Å². The zero-order valence-corrected chi connectivity index (χ0v) is 15.2. The lowest BCUT2D eigenvalue weighted by Crippen LogP contribution is -2.33. The van der Waals surface area contributed by atoms with E-state index in [0.717, 1.165) is 5.56 Å².